The fourth-order valence-corrected chi connectivity index (χ4v) is 16.4. The van der Waals surface area contributed by atoms with E-state index in [9.17, 15) is 0 Å². The quantitative estimate of drug-likeness (QED) is 0.128. The molecule has 7 heterocycles. The second kappa shape index (κ2) is 22.0. The standard InChI is InChI=1S/C65H73N7/c1-15-66-16-2-44(1)51-29-52(45-3-17-67-18-4-45)32-58(31-51)60-35-55(48-9-23-70-24-10-48)37-62(41-60)64-39-57(50-13-27-72-28-14-50)40-65(43-64)63-38-56(49-11-25-71-26-12-49)36-61(42-63)59-33-53(46-5-19-68-20-6-46)30-54(34-59)47-7-21-69-22-8-47/h1-28,51-65H,29-43H2. The van der Waals surface area contributed by atoms with Crippen LogP contribution in [0.25, 0.3) is 0 Å². The second-order valence-electron chi connectivity index (χ2n) is 23.5. The Hall–Kier alpha value is -5.95. The van der Waals surface area contributed by atoms with Crippen molar-refractivity contribution in [3.05, 3.63) is 211 Å². The van der Waals surface area contributed by atoms with Gasteiger partial charge >= 0.3 is 0 Å². The number of rotatable bonds is 11. The van der Waals surface area contributed by atoms with Gasteiger partial charge in [0.1, 0.15) is 0 Å². The normalized spacial score (nSPS) is 33.1. The molecule has 5 aliphatic rings. The van der Waals surface area contributed by atoms with Crippen LogP contribution in [0.15, 0.2) is 172 Å². The Morgan fingerprint density at radius 3 is 0.444 bits per heavy atom. The molecule has 0 bridgehead atoms. The smallest absolute Gasteiger partial charge is 0.0270 e. The van der Waals surface area contributed by atoms with E-state index in [2.05, 4.69) is 132 Å². The zero-order chi connectivity index (χ0) is 48.1. The van der Waals surface area contributed by atoms with E-state index >= 15 is 0 Å². The van der Waals surface area contributed by atoms with Crippen LogP contribution in [0.4, 0.5) is 0 Å². The molecule has 5 saturated carbocycles. The minimum absolute atomic E-state index is 0.538. The van der Waals surface area contributed by atoms with Crippen LogP contribution in [-0.2, 0) is 0 Å². The monoisotopic (exact) mass is 952 g/mol. The lowest BCUT2D eigenvalue weighted by atomic mass is 9.55. The molecule has 0 amide bonds. The van der Waals surface area contributed by atoms with Gasteiger partial charge in [0.05, 0.1) is 0 Å². The Morgan fingerprint density at radius 2 is 0.292 bits per heavy atom. The highest BCUT2D eigenvalue weighted by molar-refractivity contribution is 5.27. The van der Waals surface area contributed by atoms with Crippen molar-refractivity contribution in [2.45, 2.75) is 138 Å². The van der Waals surface area contributed by atoms with Gasteiger partial charge in [-0.15, -0.1) is 0 Å². The Bertz CT molecular complexity index is 2470. The molecular formula is C65H73N7. The number of nitrogens with zero attached hydrogens (tertiary/aromatic N) is 7. The summed E-state index contributed by atoms with van der Waals surface area (Å²) in [5.41, 5.74) is 10.4. The maximum absolute atomic E-state index is 4.56. The van der Waals surface area contributed by atoms with E-state index in [-0.39, 0.29) is 0 Å². The van der Waals surface area contributed by atoms with E-state index in [4.69, 9.17) is 0 Å². The topological polar surface area (TPSA) is 90.2 Å². The average Bonchev–Trinajstić information content (AvgIpc) is 3.48. The van der Waals surface area contributed by atoms with Gasteiger partial charge in [0.25, 0.3) is 0 Å². The van der Waals surface area contributed by atoms with Crippen LogP contribution in [-0.4, -0.2) is 34.9 Å². The summed E-state index contributed by atoms with van der Waals surface area (Å²) in [7, 11) is 0. The summed E-state index contributed by atoms with van der Waals surface area (Å²) >= 11 is 0. The largest absolute Gasteiger partial charge is 0.265 e. The summed E-state index contributed by atoms with van der Waals surface area (Å²) < 4.78 is 0. The molecule has 5 aliphatic carbocycles. The fourth-order valence-electron chi connectivity index (χ4n) is 16.4. The molecule has 0 N–H and O–H groups in total. The highest BCUT2D eigenvalue weighted by Crippen LogP contribution is 2.59. The van der Waals surface area contributed by atoms with Crippen molar-refractivity contribution < 1.29 is 0 Å². The molecule has 0 aliphatic heterocycles. The van der Waals surface area contributed by atoms with E-state index in [1.807, 2.05) is 74.4 Å². The molecule has 12 rings (SSSR count). The molecule has 12 atom stereocenters. The number of aromatic nitrogens is 7. The first-order valence-electron chi connectivity index (χ1n) is 27.9. The zero-order valence-electron chi connectivity index (χ0n) is 42.1. The molecule has 5 fully saturated rings. The molecule has 7 aromatic rings. The molecule has 0 aromatic carbocycles. The van der Waals surface area contributed by atoms with Crippen LogP contribution in [0.5, 0.6) is 0 Å². The third-order valence-electron chi connectivity index (χ3n) is 19.7. The van der Waals surface area contributed by atoms with E-state index in [0.29, 0.717) is 88.8 Å². The SMILES string of the molecule is c1cc(C2CC(c3ccncc3)CC(C3CC(c4ccncc4)CC(C4CC(c5ccncc5)CC(C5CC(c6ccncc6)CC(C6CC(c7ccncc7)CC(c7ccncc7)C6)C5)C4)C3)C2)ccn1. The van der Waals surface area contributed by atoms with Crippen LogP contribution < -0.4 is 0 Å². The van der Waals surface area contributed by atoms with Crippen molar-refractivity contribution >= 4 is 0 Å². The molecule has 0 saturated heterocycles. The van der Waals surface area contributed by atoms with Crippen LogP contribution in [0.3, 0.4) is 0 Å². The summed E-state index contributed by atoms with van der Waals surface area (Å²) in [6.45, 7) is 0. The van der Waals surface area contributed by atoms with Crippen molar-refractivity contribution in [1.82, 2.24) is 34.9 Å². The molecule has 7 heteroatoms. The number of pyridine rings is 7. The van der Waals surface area contributed by atoms with E-state index in [1.54, 1.807) is 0 Å². The molecule has 368 valence electrons. The van der Waals surface area contributed by atoms with Crippen molar-refractivity contribution in [2.24, 2.45) is 47.3 Å². The lowest BCUT2D eigenvalue weighted by Gasteiger charge is -2.50. The predicted octanol–water partition coefficient (Wildman–Crippen LogP) is 15.1. The van der Waals surface area contributed by atoms with Gasteiger partial charge in [-0.25, -0.2) is 0 Å². The summed E-state index contributed by atoms with van der Waals surface area (Å²) in [6.07, 6.45) is 47.6. The molecular weight excluding hydrogens is 879 g/mol. The Morgan fingerprint density at radius 1 is 0.167 bits per heavy atom. The predicted molar refractivity (Wildman–Crippen MR) is 286 cm³/mol. The maximum Gasteiger partial charge on any atom is 0.0270 e. The first-order valence-corrected chi connectivity index (χ1v) is 27.9. The van der Waals surface area contributed by atoms with E-state index in [0.717, 1.165) is 0 Å². The summed E-state index contributed by atoms with van der Waals surface area (Å²) in [4.78, 5) is 31.4. The fraction of sp³-hybridized carbons (Fsp3) is 0.462. The van der Waals surface area contributed by atoms with Gasteiger partial charge in [0, 0.05) is 86.8 Å². The lowest BCUT2D eigenvalue weighted by Crippen LogP contribution is -2.39. The maximum atomic E-state index is 4.56. The van der Waals surface area contributed by atoms with Gasteiger partial charge in [-0.3, -0.25) is 34.9 Å². The number of hydrogen-bond donors (Lipinski definition) is 0. The first kappa shape index (κ1) is 47.1. The lowest BCUT2D eigenvalue weighted by molar-refractivity contribution is 0.0390. The number of hydrogen-bond acceptors (Lipinski definition) is 7. The van der Waals surface area contributed by atoms with Gasteiger partial charge < -0.3 is 0 Å². The molecule has 0 radical (unpaired) electrons. The molecule has 72 heavy (non-hydrogen) atoms. The van der Waals surface area contributed by atoms with Crippen LogP contribution in [0.1, 0.15) is 177 Å². The van der Waals surface area contributed by atoms with Gasteiger partial charge in [0.2, 0.25) is 0 Å². The molecule has 7 aromatic heterocycles. The minimum atomic E-state index is 0.538. The van der Waals surface area contributed by atoms with E-state index in [1.165, 1.54) is 135 Å². The Balaban J connectivity index is 0.871. The summed E-state index contributed by atoms with van der Waals surface area (Å²) in [5, 5.41) is 0. The highest BCUT2D eigenvalue weighted by Gasteiger charge is 2.47. The summed E-state index contributed by atoms with van der Waals surface area (Å²) in [5.74, 6) is 9.26. The van der Waals surface area contributed by atoms with Crippen molar-refractivity contribution in [1.29, 1.82) is 0 Å². The Kier molecular flexibility index (Phi) is 14.4. The zero-order valence-corrected chi connectivity index (χ0v) is 42.1. The van der Waals surface area contributed by atoms with Crippen LogP contribution >= 0.6 is 0 Å². The van der Waals surface area contributed by atoms with E-state index < -0.39 is 0 Å². The molecule has 12 unspecified atom stereocenters. The molecule has 0 spiro atoms. The van der Waals surface area contributed by atoms with Gasteiger partial charge in [-0.05, 0) is 309 Å². The van der Waals surface area contributed by atoms with Gasteiger partial charge in [-0.2, -0.15) is 0 Å². The summed E-state index contributed by atoms with van der Waals surface area (Å²) in [6, 6.07) is 32.5. The first-order chi connectivity index (χ1) is 35.6. The third-order valence-corrected chi connectivity index (χ3v) is 19.7. The second-order valence-corrected chi connectivity index (χ2v) is 23.5. The Labute approximate surface area is 428 Å². The average molecular weight is 952 g/mol. The minimum Gasteiger partial charge on any atom is -0.265 e. The van der Waals surface area contributed by atoms with Crippen LogP contribution in [0.2, 0.25) is 0 Å². The molecule has 7 nitrogen and oxygen atoms in total. The van der Waals surface area contributed by atoms with Gasteiger partial charge in [0.15, 0.2) is 0 Å². The van der Waals surface area contributed by atoms with Crippen molar-refractivity contribution in [3.8, 4) is 0 Å². The van der Waals surface area contributed by atoms with Gasteiger partial charge in [-0.1, -0.05) is 0 Å². The van der Waals surface area contributed by atoms with Crippen LogP contribution in [0, 0.1) is 47.3 Å². The highest BCUT2D eigenvalue weighted by atomic mass is 14.6. The van der Waals surface area contributed by atoms with Crippen molar-refractivity contribution in [3.63, 3.8) is 0 Å². The van der Waals surface area contributed by atoms with Crippen molar-refractivity contribution in [2.75, 3.05) is 0 Å². The third kappa shape index (κ3) is 10.7.